The minimum Gasteiger partial charge on any atom is -0.368 e. The van der Waals surface area contributed by atoms with E-state index >= 15 is 0 Å². The van der Waals surface area contributed by atoms with Crippen LogP contribution in [0, 0.1) is 0 Å². The molecule has 0 bridgehead atoms. The average molecular weight is 476 g/mol. The maximum atomic E-state index is 13.4. The van der Waals surface area contributed by atoms with Crippen LogP contribution in [-0.2, 0) is 9.59 Å². The molecule has 8 nitrogen and oxygen atoms in total. The topological polar surface area (TPSA) is 85.0 Å². The molecule has 35 heavy (non-hydrogen) atoms. The molecule has 3 fully saturated rings. The van der Waals surface area contributed by atoms with Crippen molar-refractivity contribution >= 4 is 29.2 Å². The SMILES string of the molecule is O=C1N[C@@H]2CCCC[C@@H]2N(C(=O)Nc2ccccc2)[C@@H]1CC(=O)N1CCN(c2ccccc2)CC1. The highest BCUT2D eigenvalue weighted by Gasteiger charge is 2.46. The molecule has 2 heterocycles. The monoisotopic (exact) mass is 475 g/mol. The Morgan fingerprint density at radius 3 is 2.26 bits per heavy atom. The zero-order valence-electron chi connectivity index (χ0n) is 19.9. The first-order chi connectivity index (χ1) is 17.1. The lowest BCUT2D eigenvalue weighted by molar-refractivity contribution is -0.140. The van der Waals surface area contributed by atoms with Crippen LogP contribution in [0.1, 0.15) is 32.1 Å². The summed E-state index contributed by atoms with van der Waals surface area (Å²) in [6, 6.07) is 18.2. The molecule has 0 radical (unpaired) electrons. The number of carbonyl (C=O) groups is 3. The summed E-state index contributed by atoms with van der Waals surface area (Å²) in [6.07, 6.45) is 3.73. The van der Waals surface area contributed by atoms with E-state index in [2.05, 4.69) is 27.7 Å². The van der Waals surface area contributed by atoms with Gasteiger partial charge in [0.2, 0.25) is 11.8 Å². The summed E-state index contributed by atoms with van der Waals surface area (Å²) < 4.78 is 0. The van der Waals surface area contributed by atoms with Crippen molar-refractivity contribution in [1.29, 1.82) is 0 Å². The fraction of sp³-hybridized carbons (Fsp3) is 0.444. The molecule has 8 heteroatoms. The summed E-state index contributed by atoms with van der Waals surface area (Å²) in [5.41, 5.74) is 1.83. The van der Waals surface area contributed by atoms with Crippen molar-refractivity contribution in [3.8, 4) is 0 Å². The largest absolute Gasteiger partial charge is 0.368 e. The number of carbonyl (C=O) groups excluding carboxylic acids is 3. The Kier molecular flexibility index (Phi) is 6.88. The van der Waals surface area contributed by atoms with E-state index in [1.165, 1.54) is 0 Å². The minimum absolute atomic E-state index is 0.00258. The maximum Gasteiger partial charge on any atom is 0.322 e. The highest BCUT2D eigenvalue weighted by molar-refractivity contribution is 5.97. The zero-order valence-corrected chi connectivity index (χ0v) is 19.9. The zero-order chi connectivity index (χ0) is 24.2. The van der Waals surface area contributed by atoms with Gasteiger partial charge < -0.3 is 25.3 Å². The first-order valence-corrected chi connectivity index (χ1v) is 12.6. The molecule has 2 aromatic rings. The van der Waals surface area contributed by atoms with Gasteiger partial charge in [0.15, 0.2) is 0 Å². The number of hydrogen-bond donors (Lipinski definition) is 2. The molecular formula is C27H33N5O3. The summed E-state index contributed by atoms with van der Waals surface area (Å²) in [5, 5.41) is 6.06. The lowest BCUT2D eigenvalue weighted by Gasteiger charge is -2.48. The molecule has 3 aliphatic rings. The standard InChI is InChI=1S/C27H33N5O3/c33-25(31-17-15-30(16-18-31)21-11-5-2-6-12-21)19-24-26(34)29-22-13-7-8-14-23(22)32(24)27(35)28-20-9-3-1-4-10-20/h1-6,9-12,22-24H,7-8,13-19H2,(H,28,35)(H,29,34)/t22-,23+,24-/m1/s1. The predicted octanol–water partition coefficient (Wildman–Crippen LogP) is 3.07. The van der Waals surface area contributed by atoms with Crippen LogP contribution in [0.4, 0.5) is 16.2 Å². The Balaban J connectivity index is 1.28. The number of nitrogens with zero attached hydrogens (tertiary/aromatic N) is 3. The van der Waals surface area contributed by atoms with Gasteiger partial charge in [-0.1, -0.05) is 49.2 Å². The predicted molar refractivity (Wildman–Crippen MR) is 135 cm³/mol. The molecule has 4 amide bonds. The molecule has 184 valence electrons. The number of rotatable bonds is 4. The Morgan fingerprint density at radius 1 is 0.886 bits per heavy atom. The number of benzene rings is 2. The van der Waals surface area contributed by atoms with Crippen molar-refractivity contribution in [2.75, 3.05) is 36.4 Å². The third-order valence-corrected chi connectivity index (χ3v) is 7.43. The molecule has 2 aliphatic heterocycles. The lowest BCUT2D eigenvalue weighted by Crippen LogP contribution is -2.68. The van der Waals surface area contributed by atoms with Crippen LogP contribution in [0.25, 0.3) is 0 Å². The second kappa shape index (κ2) is 10.4. The summed E-state index contributed by atoms with van der Waals surface area (Å²) in [7, 11) is 0. The highest BCUT2D eigenvalue weighted by Crippen LogP contribution is 2.30. The number of piperazine rings is 2. The van der Waals surface area contributed by atoms with Crippen molar-refractivity contribution in [3.05, 3.63) is 60.7 Å². The van der Waals surface area contributed by atoms with Gasteiger partial charge in [0, 0.05) is 43.6 Å². The molecule has 0 unspecified atom stereocenters. The smallest absolute Gasteiger partial charge is 0.322 e. The Hall–Kier alpha value is -3.55. The number of urea groups is 1. The second-order valence-corrected chi connectivity index (χ2v) is 9.59. The normalized spacial score (nSPS) is 24.4. The Labute approximate surface area is 206 Å². The van der Waals surface area contributed by atoms with E-state index < -0.39 is 6.04 Å². The molecule has 2 saturated heterocycles. The van der Waals surface area contributed by atoms with Crippen LogP contribution < -0.4 is 15.5 Å². The summed E-state index contributed by atoms with van der Waals surface area (Å²) in [6.45, 7) is 2.69. The maximum absolute atomic E-state index is 13.4. The molecule has 5 rings (SSSR count). The molecule has 3 atom stereocenters. The quantitative estimate of drug-likeness (QED) is 0.712. The van der Waals surface area contributed by atoms with E-state index in [4.69, 9.17) is 0 Å². The van der Waals surface area contributed by atoms with E-state index in [1.807, 2.05) is 53.4 Å². The van der Waals surface area contributed by atoms with E-state index in [1.54, 1.807) is 4.90 Å². The van der Waals surface area contributed by atoms with Gasteiger partial charge in [0.1, 0.15) is 6.04 Å². The van der Waals surface area contributed by atoms with Gasteiger partial charge in [-0.25, -0.2) is 4.79 Å². The fourth-order valence-electron chi connectivity index (χ4n) is 5.59. The number of para-hydroxylation sites is 2. The first kappa shape index (κ1) is 23.2. The summed E-state index contributed by atoms with van der Waals surface area (Å²) in [5.74, 6) is -0.308. The second-order valence-electron chi connectivity index (χ2n) is 9.59. The molecular weight excluding hydrogens is 442 g/mol. The van der Waals surface area contributed by atoms with Crippen LogP contribution in [0.2, 0.25) is 0 Å². The van der Waals surface area contributed by atoms with E-state index in [-0.39, 0.29) is 36.3 Å². The average Bonchev–Trinajstić information content (AvgIpc) is 2.90. The lowest BCUT2D eigenvalue weighted by atomic mass is 9.85. The number of hydrogen-bond acceptors (Lipinski definition) is 4. The highest BCUT2D eigenvalue weighted by atomic mass is 16.2. The molecule has 2 aromatic carbocycles. The Morgan fingerprint density at radius 2 is 1.54 bits per heavy atom. The molecule has 1 saturated carbocycles. The first-order valence-electron chi connectivity index (χ1n) is 12.6. The molecule has 2 N–H and O–H groups in total. The van der Waals surface area contributed by atoms with Crippen LogP contribution in [0.3, 0.4) is 0 Å². The van der Waals surface area contributed by atoms with E-state index in [0.717, 1.165) is 44.5 Å². The summed E-state index contributed by atoms with van der Waals surface area (Å²) in [4.78, 5) is 45.7. The number of fused-ring (bicyclic) bond motifs is 1. The molecule has 0 spiro atoms. The van der Waals surface area contributed by atoms with Crippen LogP contribution in [0.15, 0.2) is 60.7 Å². The van der Waals surface area contributed by atoms with Crippen molar-refractivity contribution in [1.82, 2.24) is 15.1 Å². The minimum atomic E-state index is -0.808. The van der Waals surface area contributed by atoms with Gasteiger partial charge in [-0.15, -0.1) is 0 Å². The van der Waals surface area contributed by atoms with Crippen LogP contribution in [0.5, 0.6) is 0 Å². The van der Waals surface area contributed by atoms with Gasteiger partial charge in [-0.2, -0.15) is 0 Å². The van der Waals surface area contributed by atoms with Gasteiger partial charge in [-0.05, 0) is 37.1 Å². The van der Waals surface area contributed by atoms with Gasteiger partial charge in [0.25, 0.3) is 0 Å². The third-order valence-electron chi connectivity index (χ3n) is 7.43. The molecule has 1 aliphatic carbocycles. The van der Waals surface area contributed by atoms with Crippen LogP contribution >= 0.6 is 0 Å². The van der Waals surface area contributed by atoms with Crippen molar-refractivity contribution in [2.45, 2.75) is 50.2 Å². The summed E-state index contributed by atoms with van der Waals surface area (Å²) >= 11 is 0. The van der Waals surface area contributed by atoms with Gasteiger partial charge in [0.05, 0.1) is 12.5 Å². The molecule has 0 aromatic heterocycles. The van der Waals surface area contributed by atoms with E-state index in [0.29, 0.717) is 18.8 Å². The van der Waals surface area contributed by atoms with Crippen LogP contribution in [-0.4, -0.2) is 71.9 Å². The number of amides is 4. The fourth-order valence-corrected chi connectivity index (χ4v) is 5.59. The van der Waals surface area contributed by atoms with Crippen molar-refractivity contribution in [2.24, 2.45) is 0 Å². The third kappa shape index (κ3) is 5.11. The van der Waals surface area contributed by atoms with Crippen molar-refractivity contribution in [3.63, 3.8) is 0 Å². The Bertz CT molecular complexity index is 1040. The number of nitrogens with one attached hydrogen (secondary N) is 2. The van der Waals surface area contributed by atoms with E-state index in [9.17, 15) is 14.4 Å². The van der Waals surface area contributed by atoms with Crippen molar-refractivity contribution < 1.29 is 14.4 Å². The van der Waals surface area contributed by atoms with Gasteiger partial charge >= 0.3 is 6.03 Å². The van der Waals surface area contributed by atoms with Gasteiger partial charge in [-0.3, -0.25) is 9.59 Å². The number of anilines is 2.